The van der Waals surface area contributed by atoms with Crippen LogP contribution in [0.4, 0.5) is 0 Å². The molecular formula is C17H14BrClN2. The number of rotatable bonds is 2. The summed E-state index contributed by atoms with van der Waals surface area (Å²) in [6.45, 7) is 1.98. The normalized spacial score (nSPS) is 14.1. The summed E-state index contributed by atoms with van der Waals surface area (Å²) in [4.78, 5) is 4.16. The van der Waals surface area contributed by atoms with Crippen LogP contribution in [0.25, 0.3) is 10.8 Å². The molecule has 1 aromatic heterocycles. The van der Waals surface area contributed by atoms with Crippen molar-refractivity contribution in [3.63, 3.8) is 0 Å². The molecule has 2 nitrogen and oxygen atoms in total. The number of nitrogens with zero attached hydrogens (tertiary/aromatic N) is 1. The second-order valence-electron chi connectivity index (χ2n) is 5.23. The van der Waals surface area contributed by atoms with Crippen molar-refractivity contribution in [2.24, 2.45) is 5.73 Å². The monoisotopic (exact) mass is 360 g/mol. The van der Waals surface area contributed by atoms with E-state index in [1.807, 2.05) is 55.6 Å². The molecule has 106 valence electrons. The molecule has 0 spiro atoms. The Morgan fingerprint density at radius 2 is 1.95 bits per heavy atom. The predicted octanol–water partition coefficient (Wildman–Crippen LogP) is 4.87. The maximum Gasteiger partial charge on any atom is 0.0657 e. The van der Waals surface area contributed by atoms with Crippen molar-refractivity contribution < 1.29 is 0 Å². The molecule has 0 radical (unpaired) electrons. The summed E-state index contributed by atoms with van der Waals surface area (Å²) in [6.07, 6.45) is 3.63. The van der Waals surface area contributed by atoms with E-state index in [1.165, 1.54) is 0 Å². The largest absolute Gasteiger partial charge is 0.318 e. The smallest absolute Gasteiger partial charge is 0.0657 e. The first-order valence-corrected chi connectivity index (χ1v) is 7.75. The van der Waals surface area contributed by atoms with Crippen molar-refractivity contribution in [1.29, 1.82) is 0 Å². The standard InChI is InChI=1S/C17H14BrClN2/c1-17(20,15-6-5-12(18)9-16(15)19)14-4-2-3-11-10-21-8-7-13(11)14/h2-10H,20H2,1H3. The van der Waals surface area contributed by atoms with Gasteiger partial charge in [-0.25, -0.2) is 0 Å². The molecule has 2 N–H and O–H groups in total. The zero-order valence-electron chi connectivity index (χ0n) is 11.5. The van der Waals surface area contributed by atoms with Crippen LogP contribution in [0.3, 0.4) is 0 Å². The summed E-state index contributed by atoms with van der Waals surface area (Å²) >= 11 is 9.82. The first kappa shape index (κ1) is 14.5. The number of aromatic nitrogens is 1. The van der Waals surface area contributed by atoms with Crippen LogP contribution < -0.4 is 5.73 Å². The molecule has 2 aromatic carbocycles. The molecule has 0 amide bonds. The van der Waals surface area contributed by atoms with E-state index in [1.54, 1.807) is 6.20 Å². The summed E-state index contributed by atoms with van der Waals surface area (Å²) in [5.74, 6) is 0. The van der Waals surface area contributed by atoms with Gasteiger partial charge >= 0.3 is 0 Å². The Morgan fingerprint density at radius 3 is 2.71 bits per heavy atom. The number of nitrogens with two attached hydrogens (primary N) is 1. The van der Waals surface area contributed by atoms with E-state index >= 15 is 0 Å². The molecule has 1 heterocycles. The van der Waals surface area contributed by atoms with E-state index in [2.05, 4.69) is 20.9 Å². The van der Waals surface area contributed by atoms with Crippen molar-refractivity contribution >= 4 is 38.3 Å². The highest BCUT2D eigenvalue weighted by Gasteiger charge is 2.27. The van der Waals surface area contributed by atoms with Gasteiger partial charge in [-0.05, 0) is 41.6 Å². The third-order valence-corrected chi connectivity index (χ3v) is 4.54. The molecule has 3 aromatic rings. The number of pyridine rings is 1. The van der Waals surface area contributed by atoms with Crippen LogP contribution in [0.2, 0.25) is 5.02 Å². The molecule has 1 atom stereocenters. The van der Waals surface area contributed by atoms with E-state index in [0.717, 1.165) is 26.4 Å². The van der Waals surface area contributed by atoms with Gasteiger partial charge in [0.25, 0.3) is 0 Å². The van der Waals surface area contributed by atoms with Gasteiger partial charge in [0.05, 0.1) is 5.54 Å². The molecule has 0 aliphatic rings. The summed E-state index contributed by atoms with van der Waals surface area (Å²) in [7, 11) is 0. The van der Waals surface area contributed by atoms with Gasteiger partial charge in [-0.3, -0.25) is 4.98 Å². The highest BCUT2D eigenvalue weighted by molar-refractivity contribution is 9.10. The molecule has 0 aliphatic heterocycles. The first-order valence-electron chi connectivity index (χ1n) is 6.58. The second-order valence-corrected chi connectivity index (χ2v) is 6.55. The first-order chi connectivity index (χ1) is 10.00. The Balaban J connectivity index is 2.25. The van der Waals surface area contributed by atoms with E-state index in [-0.39, 0.29) is 0 Å². The van der Waals surface area contributed by atoms with Gasteiger partial charge in [0.15, 0.2) is 0 Å². The van der Waals surface area contributed by atoms with Gasteiger partial charge in [-0.2, -0.15) is 0 Å². The molecule has 0 bridgehead atoms. The predicted molar refractivity (Wildman–Crippen MR) is 91.5 cm³/mol. The Morgan fingerprint density at radius 1 is 1.14 bits per heavy atom. The van der Waals surface area contributed by atoms with E-state index in [4.69, 9.17) is 17.3 Å². The lowest BCUT2D eigenvalue weighted by Crippen LogP contribution is -2.34. The van der Waals surface area contributed by atoms with Crippen molar-refractivity contribution in [2.45, 2.75) is 12.5 Å². The molecule has 21 heavy (non-hydrogen) atoms. The summed E-state index contributed by atoms with van der Waals surface area (Å²) in [5.41, 5.74) is 7.91. The van der Waals surface area contributed by atoms with Crippen LogP contribution in [0.15, 0.2) is 59.3 Å². The molecule has 0 saturated carbocycles. The van der Waals surface area contributed by atoms with Crippen LogP contribution in [0, 0.1) is 0 Å². The summed E-state index contributed by atoms with van der Waals surface area (Å²) in [5, 5.41) is 2.82. The average molecular weight is 362 g/mol. The molecule has 0 saturated heterocycles. The molecule has 3 rings (SSSR count). The Labute approximate surface area is 137 Å². The van der Waals surface area contributed by atoms with Crippen LogP contribution in [-0.2, 0) is 5.54 Å². The number of hydrogen-bond acceptors (Lipinski definition) is 2. The fourth-order valence-corrected chi connectivity index (χ4v) is 3.50. The van der Waals surface area contributed by atoms with Crippen LogP contribution >= 0.6 is 27.5 Å². The van der Waals surface area contributed by atoms with Gasteiger partial charge in [0.2, 0.25) is 0 Å². The maximum atomic E-state index is 6.66. The van der Waals surface area contributed by atoms with Crippen LogP contribution in [0.1, 0.15) is 18.1 Å². The number of halogens is 2. The minimum Gasteiger partial charge on any atom is -0.318 e. The zero-order chi connectivity index (χ0) is 15.0. The third kappa shape index (κ3) is 2.57. The molecule has 0 aliphatic carbocycles. The van der Waals surface area contributed by atoms with E-state index < -0.39 is 5.54 Å². The summed E-state index contributed by atoms with van der Waals surface area (Å²) < 4.78 is 0.939. The lowest BCUT2D eigenvalue weighted by Gasteiger charge is -2.28. The molecular weight excluding hydrogens is 348 g/mol. The van der Waals surface area contributed by atoms with Gasteiger partial charge in [0.1, 0.15) is 0 Å². The lowest BCUT2D eigenvalue weighted by atomic mass is 9.83. The van der Waals surface area contributed by atoms with E-state index in [9.17, 15) is 0 Å². The van der Waals surface area contributed by atoms with Gasteiger partial charge in [-0.1, -0.05) is 51.8 Å². The van der Waals surface area contributed by atoms with Gasteiger partial charge in [0, 0.05) is 27.3 Å². The van der Waals surface area contributed by atoms with Crippen molar-refractivity contribution in [3.05, 3.63) is 75.5 Å². The minimum atomic E-state index is -0.682. The minimum absolute atomic E-state index is 0.653. The van der Waals surface area contributed by atoms with Gasteiger partial charge < -0.3 is 5.73 Å². The Bertz CT molecular complexity index is 809. The number of hydrogen-bond donors (Lipinski definition) is 1. The molecule has 0 fully saturated rings. The van der Waals surface area contributed by atoms with Crippen LogP contribution in [-0.4, -0.2) is 4.98 Å². The van der Waals surface area contributed by atoms with Crippen LogP contribution in [0.5, 0.6) is 0 Å². The van der Waals surface area contributed by atoms with Gasteiger partial charge in [-0.15, -0.1) is 0 Å². The molecule has 1 unspecified atom stereocenters. The summed E-state index contributed by atoms with van der Waals surface area (Å²) in [6, 6.07) is 13.9. The SMILES string of the molecule is CC(N)(c1ccc(Br)cc1Cl)c1cccc2cnccc12. The third-order valence-electron chi connectivity index (χ3n) is 3.73. The number of benzene rings is 2. The fraction of sp³-hybridized carbons (Fsp3) is 0.118. The highest BCUT2D eigenvalue weighted by Crippen LogP contribution is 2.36. The average Bonchev–Trinajstić information content (AvgIpc) is 2.46. The second kappa shape index (κ2) is 5.41. The Hall–Kier alpha value is -1.42. The zero-order valence-corrected chi connectivity index (χ0v) is 13.8. The topological polar surface area (TPSA) is 38.9 Å². The molecule has 4 heteroatoms. The maximum absolute atomic E-state index is 6.66. The number of fused-ring (bicyclic) bond motifs is 1. The van der Waals surface area contributed by atoms with Crippen molar-refractivity contribution in [2.75, 3.05) is 0 Å². The lowest BCUT2D eigenvalue weighted by molar-refractivity contribution is 0.609. The van der Waals surface area contributed by atoms with E-state index in [0.29, 0.717) is 5.02 Å². The Kier molecular flexibility index (Phi) is 3.74. The fourth-order valence-electron chi connectivity index (χ4n) is 2.63. The van der Waals surface area contributed by atoms with Crippen molar-refractivity contribution in [3.8, 4) is 0 Å². The quantitative estimate of drug-likeness (QED) is 0.707. The van der Waals surface area contributed by atoms with Crippen molar-refractivity contribution in [1.82, 2.24) is 4.98 Å². The highest BCUT2D eigenvalue weighted by atomic mass is 79.9.